The molecule has 102 valence electrons. The fraction of sp³-hybridized carbons (Fsp3) is 0. The zero-order valence-electron chi connectivity index (χ0n) is 9.91. The molecule has 0 spiro atoms. The second-order valence-electron chi connectivity index (χ2n) is 4.01. The number of hydrogen-bond donors (Lipinski definition) is 2. The van der Waals surface area contributed by atoms with Crippen molar-refractivity contribution in [3.63, 3.8) is 0 Å². The van der Waals surface area contributed by atoms with E-state index in [1.807, 2.05) is 0 Å². The highest BCUT2D eigenvalue weighted by Gasteiger charge is 2.23. The average molecular weight is 310 g/mol. The third kappa shape index (κ3) is 2.30. The molecule has 0 saturated heterocycles. The van der Waals surface area contributed by atoms with E-state index in [0.29, 0.717) is 10.7 Å². The van der Waals surface area contributed by atoms with Gasteiger partial charge in [0.15, 0.2) is 11.7 Å². The lowest BCUT2D eigenvalue weighted by Gasteiger charge is -2.14. The van der Waals surface area contributed by atoms with E-state index in [9.17, 15) is 8.42 Å². The number of nitrogens with one attached hydrogen (secondary N) is 1. The van der Waals surface area contributed by atoms with E-state index in [1.165, 1.54) is 6.20 Å². The highest BCUT2D eigenvalue weighted by atomic mass is 35.5. The molecule has 9 heteroatoms. The predicted molar refractivity (Wildman–Crippen MR) is 75.7 cm³/mol. The molecule has 2 aromatic rings. The van der Waals surface area contributed by atoms with Crippen molar-refractivity contribution < 1.29 is 8.42 Å². The Bertz CT molecular complexity index is 817. The summed E-state index contributed by atoms with van der Waals surface area (Å²) in [4.78, 5) is 8.29. The van der Waals surface area contributed by atoms with Crippen LogP contribution in [0.5, 0.6) is 0 Å². The number of fused-ring (bicyclic) bond motifs is 1. The lowest BCUT2D eigenvalue weighted by atomic mass is 10.1. The lowest BCUT2D eigenvalue weighted by Crippen LogP contribution is -2.28. The molecule has 1 aromatic carbocycles. The Morgan fingerprint density at radius 2 is 1.90 bits per heavy atom. The Balaban J connectivity index is 2.11. The zero-order chi connectivity index (χ0) is 14.3. The third-order valence-electron chi connectivity index (χ3n) is 2.60. The molecule has 20 heavy (non-hydrogen) atoms. The summed E-state index contributed by atoms with van der Waals surface area (Å²) in [5.41, 5.74) is 7.00. The second kappa shape index (κ2) is 4.43. The van der Waals surface area contributed by atoms with E-state index in [2.05, 4.69) is 19.1 Å². The zero-order valence-corrected chi connectivity index (χ0v) is 11.5. The predicted octanol–water partition coefficient (Wildman–Crippen LogP) is 1.17. The van der Waals surface area contributed by atoms with Crippen LogP contribution in [0.25, 0.3) is 11.3 Å². The first-order valence-corrected chi connectivity index (χ1v) is 7.28. The molecule has 0 atom stereocenters. The molecule has 1 aliphatic rings. The molecule has 0 aliphatic carbocycles. The van der Waals surface area contributed by atoms with Gasteiger partial charge in [0.25, 0.3) is 0 Å². The van der Waals surface area contributed by atoms with Crippen LogP contribution in [0.3, 0.4) is 0 Å². The minimum atomic E-state index is -3.86. The number of amidine groups is 1. The van der Waals surface area contributed by atoms with Gasteiger partial charge in [0.2, 0.25) is 0 Å². The fourth-order valence-corrected chi connectivity index (χ4v) is 2.63. The van der Waals surface area contributed by atoms with Crippen LogP contribution < -0.4 is 10.5 Å². The average Bonchev–Trinajstić information content (AvgIpc) is 2.37. The third-order valence-corrected chi connectivity index (χ3v) is 3.74. The smallest absolute Gasteiger partial charge is 0.345 e. The van der Waals surface area contributed by atoms with Crippen molar-refractivity contribution in [3.8, 4) is 11.3 Å². The number of halogens is 1. The highest BCUT2D eigenvalue weighted by Crippen LogP contribution is 2.24. The molecule has 0 bridgehead atoms. The summed E-state index contributed by atoms with van der Waals surface area (Å²) in [6, 6.07) is 6.93. The van der Waals surface area contributed by atoms with Crippen molar-refractivity contribution in [1.29, 1.82) is 0 Å². The minimum absolute atomic E-state index is 0.0601. The Hall–Kier alpha value is -2.19. The summed E-state index contributed by atoms with van der Waals surface area (Å²) in [5, 5.41) is 0.594. The first-order valence-electron chi connectivity index (χ1n) is 5.46. The SMILES string of the molecule is NC1=NS(=O)(=O)Nc2nc(-c3ccc(Cl)cc3)cnc21. The molecule has 7 nitrogen and oxygen atoms in total. The molecule has 0 saturated carbocycles. The van der Waals surface area contributed by atoms with Gasteiger partial charge in [-0.15, -0.1) is 4.40 Å². The van der Waals surface area contributed by atoms with Gasteiger partial charge in [-0.3, -0.25) is 0 Å². The van der Waals surface area contributed by atoms with E-state index in [4.69, 9.17) is 17.3 Å². The van der Waals surface area contributed by atoms with Gasteiger partial charge in [-0.05, 0) is 12.1 Å². The van der Waals surface area contributed by atoms with Gasteiger partial charge in [0.05, 0.1) is 11.9 Å². The van der Waals surface area contributed by atoms with Crippen LogP contribution in [0.1, 0.15) is 5.69 Å². The largest absolute Gasteiger partial charge is 0.381 e. The van der Waals surface area contributed by atoms with Crippen molar-refractivity contribution in [3.05, 3.63) is 41.2 Å². The summed E-state index contributed by atoms with van der Waals surface area (Å²) in [7, 11) is -3.86. The molecule has 0 fully saturated rings. The molecule has 1 aromatic heterocycles. The van der Waals surface area contributed by atoms with Gasteiger partial charge < -0.3 is 5.73 Å². The van der Waals surface area contributed by atoms with Crippen LogP contribution in [0.4, 0.5) is 5.82 Å². The summed E-state index contributed by atoms with van der Waals surface area (Å²) < 4.78 is 28.4. The van der Waals surface area contributed by atoms with Crippen molar-refractivity contribution in [2.75, 3.05) is 4.72 Å². The standard InChI is InChI=1S/C11H8ClN5O2S/c12-7-3-1-6(2-4-7)8-5-14-9-10(13)16-20(18,19)17-11(9)15-8/h1-5H,(H2,13,16)(H,15,17). The number of benzene rings is 1. The van der Waals surface area contributed by atoms with E-state index in [0.717, 1.165) is 5.56 Å². The first kappa shape index (κ1) is 12.8. The summed E-state index contributed by atoms with van der Waals surface area (Å²) in [6.45, 7) is 0. The topological polar surface area (TPSA) is 110 Å². The van der Waals surface area contributed by atoms with Crippen molar-refractivity contribution >= 4 is 33.5 Å². The molecular weight excluding hydrogens is 302 g/mol. The first-order chi connectivity index (χ1) is 9.44. The summed E-state index contributed by atoms with van der Waals surface area (Å²) >= 11 is 5.81. The normalized spacial score (nSPS) is 15.9. The van der Waals surface area contributed by atoms with Gasteiger partial charge in [-0.2, -0.15) is 8.42 Å². The molecule has 3 rings (SSSR count). The number of aromatic nitrogens is 2. The highest BCUT2D eigenvalue weighted by molar-refractivity contribution is 7.91. The Morgan fingerprint density at radius 3 is 2.60 bits per heavy atom. The molecule has 0 unspecified atom stereocenters. The molecule has 0 amide bonds. The van der Waals surface area contributed by atoms with Crippen LogP contribution in [0, 0.1) is 0 Å². The van der Waals surface area contributed by atoms with Crippen molar-refractivity contribution in [1.82, 2.24) is 9.97 Å². The quantitative estimate of drug-likeness (QED) is 0.821. The van der Waals surface area contributed by atoms with Crippen LogP contribution in [-0.4, -0.2) is 24.2 Å². The Kier molecular flexibility index (Phi) is 2.84. The van der Waals surface area contributed by atoms with Crippen molar-refractivity contribution in [2.24, 2.45) is 10.1 Å². The fourth-order valence-electron chi connectivity index (χ4n) is 1.73. The van der Waals surface area contributed by atoms with Gasteiger partial charge in [-0.1, -0.05) is 23.7 Å². The van der Waals surface area contributed by atoms with Gasteiger partial charge in [0.1, 0.15) is 5.69 Å². The van der Waals surface area contributed by atoms with Gasteiger partial charge in [0, 0.05) is 10.6 Å². The molecule has 3 N–H and O–H groups in total. The van der Waals surface area contributed by atoms with Gasteiger partial charge >= 0.3 is 10.2 Å². The number of nitrogens with zero attached hydrogens (tertiary/aromatic N) is 3. The van der Waals surface area contributed by atoms with Crippen LogP contribution in [-0.2, 0) is 10.2 Å². The Morgan fingerprint density at radius 1 is 1.20 bits per heavy atom. The minimum Gasteiger partial charge on any atom is -0.381 e. The maximum absolute atomic E-state index is 11.5. The number of nitrogens with two attached hydrogens (primary N) is 1. The summed E-state index contributed by atoms with van der Waals surface area (Å²) in [5.74, 6) is -0.126. The monoisotopic (exact) mass is 309 g/mol. The van der Waals surface area contributed by atoms with E-state index < -0.39 is 10.2 Å². The number of anilines is 1. The summed E-state index contributed by atoms with van der Waals surface area (Å²) in [6.07, 6.45) is 1.49. The molecule has 0 radical (unpaired) electrons. The van der Waals surface area contributed by atoms with E-state index in [1.54, 1.807) is 24.3 Å². The maximum atomic E-state index is 11.5. The molecule has 1 aliphatic heterocycles. The van der Waals surface area contributed by atoms with Crippen LogP contribution in [0.15, 0.2) is 34.9 Å². The van der Waals surface area contributed by atoms with Crippen molar-refractivity contribution in [2.45, 2.75) is 0 Å². The molecular formula is C11H8ClN5O2S. The number of hydrogen-bond acceptors (Lipinski definition) is 5. The number of rotatable bonds is 1. The van der Waals surface area contributed by atoms with E-state index >= 15 is 0 Å². The lowest BCUT2D eigenvalue weighted by molar-refractivity contribution is 0.602. The van der Waals surface area contributed by atoms with E-state index in [-0.39, 0.29) is 17.3 Å². The Labute approximate surface area is 119 Å². The van der Waals surface area contributed by atoms with Gasteiger partial charge in [-0.25, -0.2) is 14.7 Å². The second-order valence-corrected chi connectivity index (χ2v) is 5.79. The molecule has 2 heterocycles. The van der Waals surface area contributed by atoms with Crippen LogP contribution >= 0.6 is 11.6 Å². The van der Waals surface area contributed by atoms with Crippen LogP contribution in [0.2, 0.25) is 5.02 Å². The maximum Gasteiger partial charge on any atom is 0.345 e.